The van der Waals surface area contributed by atoms with Gasteiger partial charge in [-0.15, -0.1) is 0 Å². The molecule has 1 rings (SSSR count). The number of hydrogen-bond acceptors (Lipinski definition) is 2. The van der Waals surface area contributed by atoms with E-state index in [0.29, 0.717) is 13.2 Å². The van der Waals surface area contributed by atoms with E-state index in [-0.39, 0.29) is 5.92 Å². The molecule has 0 fully saturated rings. The second kappa shape index (κ2) is 12.3. The van der Waals surface area contributed by atoms with Crippen molar-refractivity contribution in [3.8, 4) is 0 Å². The molecule has 0 heterocycles. The van der Waals surface area contributed by atoms with Gasteiger partial charge in [0.2, 0.25) is 0 Å². The minimum Gasteiger partial charge on any atom is -0.350 e. The first-order valence-electron chi connectivity index (χ1n) is 10.1. The van der Waals surface area contributed by atoms with Crippen LogP contribution in [-0.4, -0.2) is 19.0 Å². The summed E-state index contributed by atoms with van der Waals surface area (Å²) in [5, 5.41) is 0. The third-order valence-electron chi connectivity index (χ3n) is 4.92. The van der Waals surface area contributed by atoms with E-state index in [1.165, 1.54) is 44.1 Å². The molecule has 2 heteroatoms. The molecule has 0 aromatic heterocycles. The summed E-state index contributed by atoms with van der Waals surface area (Å²) in [7, 11) is 0. The van der Waals surface area contributed by atoms with E-state index in [1.807, 2.05) is 19.9 Å². The van der Waals surface area contributed by atoms with Gasteiger partial charge in [-0.25, -0.2) is 0 Å². The van der Waals surface area contributed by atoms with Gasteiger partial charge >= 0.3 is 0 Å². The van der Waals surface area contributed by atoms with Crippen LogP contribution >= 0.6 is 0 Å². The fourth-order valence-corrected chi connectivity index (χ4v) is 3.54. The summed E-state index contributed by atoms with van der Waals surface area (Å²) in [6.45, 7) is 13.6. The average molecular weight is 347 g/mol. The van der Waals surface area contributed by atoms with Crippen molar-refractivity contribution in [1.29, 1.82) is 0 Å². The maximum atomic E-state index is 6.10. The van der Waals surface area contributed by atoms with E-state index in [9.17, 15) is 0 Å². The van der Waals surface area contributed by atoms with Gasteiger partial charge in [-0.3, -0.25) is 0 Å². The first-order chi connectivity index (χ1) is 12.1. The summed E-state index contributed by atoms with van der Waals surface area (Å²) in [4.78, 5) is 0. The van der Waals surface area contributed by atoms with Gasteiger partial charge in [-0.05, 0) is 38.3 Å². The Kier molecular flexibility index (Phi) is 10.8. The second-order valence-corrected chi connectivity index (χ2v) is 6.86. The van der Waals surface area contributed by atoms with Crippen molar-refractivity contribution in [3.63, 3.8) is 0 Å². The highest BCUT2D eigenvalue weighted by atomic mass is 16.7. The van der Waals surface area contributed by atoms with E-state index in [1.54, 1.807) is 0 Å². The lowest BCUT2D eigenvalue weighted by Crippen LogP contribution is -2.39. The number of hydrogen-bond donors (Lipinski definition) is 0. The molecule has 0 saturated heterocycles. The van der Waals surface area contributed by atoms with Crippen molar-refractivity contribution in [1.82, 2.24) is 0 Å². The highest BCUT2D eigenvalue weighted by Crippen LogP contribution is 2.37. The quantitative estimate of drug-likeness (QED) is 0.268. The van der Waals surface area contributed by atoms with Gasteiger partial charge in [0.25, 0.3) is 0 Å². The van der Waals surface area contributed by atoms with Crippen molar-refractivity contribution < 1.29 is 9.47 Å². The fraction of sp³-hybridized carbons (Fsp3) is 0.652. The summed E-state index contributed by atoms with van der Waals surface area (Å²) in [6.07, 6.45) is 10.8. The predicted octanol–water partition coefficient (Wildman–Crippen LogP) is 6.95. The van der Waals surface area contributed by atoms with Gasteiger partial charge in [-0.1, -0.05) is 82.4 Å². The van der Waals surface area contributed by atoms with E-state index < -0.39 is 5.79 Å². The largest absolute Gasteiger partial charge is 0.350 e. The summed E-state index contributed by atoms with van der Waals surface area (Å²) < 4.78 is 12.2. The maximum Gasteiger partial charge on any atom is 0.172 e. The summed E-state index contributed by atoms with van der Waals surface area (Å²) in [5.74, 6) is -0.319. The highest BCUT2D eigenvalue weighted by Gasteiger charge is 2.36. The summed E-state index contributed by atoms with van der Waals surface area (Å²) >= 11 is 0. The fourth-order valence-electron chi connectivity index (χ4n) is 3.54. The van der Waals surface area contributed by atoms with E-state index in [2.05, 4.69) is 44.7 Å². The van der Waals surface area contributed by atoms with Crippen LogP contribution < -0.4 is 0 Å². The Balaban J connectivity index is 2.85. The molecule has 142 valence electrons. The van der Waals surface area contributed by atoms with Crippen LogP contribution in [0.2, 0.25) is 0 Å². The molecule has 1 aromatic carbocycles. The normalized spacial score (nSPS) is 13.0. The molecule has 0 radical (unpaired) electrons. The minimum atomic E-state index is -0.567. The summed E-state index contributed by atoms with van der Waals surface area (Å²) in [6, 6.07) is 8.67. The Bertz CT molecular complexity index is 457. The standard InChI is InChI=1S/C23H38O2/c1-6-10-11-12-13-14-15-22(23(5,24-8-3)25-9-4)21-18-16-20(7-2)17-19-21/h7,16-19,22H,2,6,8-15H2,1,3-5H3. The molecule has 0 spiro atoms. The average Bonchev–Trinajstić information content (AvgIpc) is 2.61. The Morgan fingerprint density at radius 3 is 2.00 bits per heavy atom. The lowest BCUT2D eigenvalue weighted by Gasteiger charge is -2.37. The Hall–Kier alpha value is -1.12. The smallest absolute Gasteiger partial charge is 0.172 e. The number of benzene rings is 1. The Labute approximate surface area is 155 Å². The predicted molar refractivity (Wildman–Crippen MR) is 109 cm³/mol. The monoisotopic (exact) mass is 346 g/mol. The third kappa shape index (κ3) is 7.33. The molecule has 1 aromatic rings. The summed E-state index contributed by atoms with van der Waals surface area (Å²) in [5.41, 5.74) is 2.44. The third-order valence-corrected chi connectivity index (χ3v) is 4.92. The topological polar surface area (TPSA) is 18.5 Å². The number of unbranched alkanes of at least 4 members (excludes halogenated alkanes) is 5. The lowest BCUT2D eigenvalue weighted by molar-refractivity contribution is -0.236. The van der Waals surface area contributed by atoms with Crippen LogP contribution in [-0.2, 0) is 9.47 Å². The molecule has 0 saturated carbocycles. The van der Waals surface area contributed by atoms with Crippen molar-refractivity contribution >= 4 is 6.08 Å². The molecule has 1 atom stereocenters. The molecule has 0 aliphatic heterocycles. The lowest BCUT2D eigenvalue weighted by atomic mass is 9.85. The molecule has 0 bridgehead atoms. The van der Waals surface area contributed by atoms with E-state index in [4.69, 9.17) is 9.47 Å². The van der Waals surface area contributed by atoms with Crippen molar-refractivity contribution in [2.45, 2.75) is 84.3 Å². The maximum absolute atomic E-state index is 6.10. The van der Waals surface area contributed by atoms with E-state index >= 15 is 0 Å². The Morgan fingerprint density at radius 1 is 0.920 bits per heavy atom. The molecule has 0 N–H and O–H groups in total. The number of ether oxygens (including phenoxy) is 2. The zero-order valence-corrected chi connectivity index (χ0v) is 16.9. The van der Waals surface area contributed by atoms with Gasteiger partial charge in [0.05, 0.1) is 0 Å². The van der Waals surface area contributed by atoms with Gasteiger partial charge in [-0.2, -0.15) is 0 Å². The van der Waals surface area contributed by atoms with Crippen LogP contribution in [0.15, 0.2) is 30.8 Å². The Morgan fingerprint density at radius 2 is 1.48 bits per heavy atom. The molecule has 0 amide bonds. The zero-order valence-electron chi connectivity index (χ0n) is 16.9. The van der Waals surface area contributed by atoms with Crippen molar-refractivity contribution in [3.05, 3.63) is 42.0 Å². The number of rotatable bonds is 14. The van der Waals surface area contributed by atoms with Gasteiger partial charge in [0.1, 0.15) is 0 Å². The molecule has 25 heavy (non-hydrogen) atoms. The molecule has 1 unspecified atom stereocenters. The van der Waals surface area contributed by atoms with Gasteiger partial charge < -0.3 is 9.47 Å². The molecule has 2 nitrogen and oxygen atoms in total. The van der Waals surface area contributed by atoms with Gasteiger partial charge in [0.15, 0.2) is 5.79 Å². The molecule has 0 aliphatic carbocycles. The second-order valence-electron chi connectivity index (χ2n) is 6.86. The van der Waals surface area contributed by atoms with Crippen LogP contribution in [0.1, 0.15) is 89.7 Å². The van der Waals surface area contributed by atoms with E-state index in [0.717, 1.165) is 12.0 Å². The molecule has 0 aliphatic rings. The van der Waals surface area contributed by atoms with Crippen LogP contribution in [0.3, 0.4) is 0 Å². The van der Waals surface area contributed by atoms with Crippen LogP contribution in [0.5, 0.6) is 0 Å². The SMILES string of the molecule is C=Cc1ccc(C(CCCCCCCC)C(C)(OCC)OCC)cc1. The highest BCUT2D eigenvalue weighted by molar-refractivity contribution is 5.47. The van der Waals surface area contributed by atoms with Gasteiger partial charge in [0, 0.05) is 19.1 Å². The van der Waals surface area contributed by atoms with Crippen LogP contribution in [0.4, 0.5) is 0 Å². The van der Waals surface area contributed by atoms with Crippen molar-refractivity contribution in [2.24, 2.45) is 0 Å². The van der Waals surface area contributed by atoms with Crippen LogP contribution in [0, 0.1) is 0 Å². The first kappa shape index (κ1) is 21.9. The first-order valence-corrected chi connectivity index (χ1v) is 10.1. The van der Waals surface area contributed by atoms with Crippen molar-refractivity contribution in [2.75, 3.05) is 13.2 Å². The van der Waals surface area contributed by atoms with Crippen LogP contribution in [0.25, 0.3) is 6.08 Å². The molecular weight excluding hydrogens is 308 g/mol. The molecular formula is C23H38O2. The minimum absolute atomic E-state index is 0.248. The zero-order chi connectivity index (χ0) is 18.5.